The highest BCUT2D eigenvalue weighted by molar-refractivity contribution is 5.14. The molecule has 1 saturated carbocycles. The monoisotopic (exact) mass is 306 g/mol. The molecule has 1 N–H and O–H groups in total. The van der Waals surface area contributed by atoms with Gasteiger partial charge in [-0.25, -0.2) is 0 Å². The van der Waals surface area contributed by atoms with Crippen LogP contribution in [0, 0.1) is 0 Å². The fourth-order valence-electron chi connectivity index (χ4n) is 3.95. The molecule has 0 amide bonds. The molecule has 2 saturated heterocycles. The van der Waals surface area contributed by atoms with Crippen molar-refractivity contribution in [1.29, 1.82) is 0 Å². The van der Waals surface area contributed by atoms with Gasteiger partial charge < -0.3 is 14.4 Å². The van der Waals surface area contributed by atoms with E-state index in [2.05, 4.69) is 16.1 Å². The van der Waals surface area contributed by atoms with Crippen molar-refractivity contribution in [3.63, 3.8) is 0 Å². The lowest BCUT2D eigenvalue weighted by molar-refractivity contribution is -0.173. The molecule has 1 aromatic rings. The molecule has 1 aromatic heterocycles. The molecule has 1 aliphatic carbocycles. The number of nitrogens with zero attached hydrogens (tertiary/aromatic N) is 2. The number of ether oxygens (including phenoxy) is 1. The summed E-state index contributed by atoms with van der Waals surface area (Å²) in [6.45, 7) is 5.49. The van der Waals surface area contributed by atoms with E-state index >= 15 is 0 Å². The maximum Gasteiger partial charge on any atom is 0.140 e. The molecule has 5 nitrogen and oxygen atoms in total. The molecule has 22 heavy (non-hydrogen) atoms. The highest BCUT2D eigenvalue weighted by Crippen LogP contribution is 2.41. The van der Waals surface area contributed by atoms with Gasteiger partial charge in [0.1, 0.15) is 5.76 Å². The van der Waals surface area contributed by atoms with Crippen molar-refractivity contribution in [2.45, 2.75) is 69.1 Å². The average Bonchev–Trinajstić information content (AvgIpc) is 3.21. The van der Waals surface area contributed by atoms with Gasteiger partial charge in [-0.15, -0.1) is 0 Å². The fraction of sp³-hybridized carbons (Fsp3) is 0.824. The highest BCUT2D eigenvalue weighted by atomic mass is 16.5. The third-order valence-electron chi connectivity index (χ3n) is 5.46. The van der Waals surface area contributed by atoms with Gasteiger partial charge in [-0.1, -0.05) is 5.16 Å². The summed E-state index contributed by atoms with van der Waals surface area (Å²) in [4.78, 5) is 2.42. The van der Waals surface area contributed by atoms with Gasteiger partial charge in [-0.2, -0.15) is 0 Å². The van der Waals surface area contributed by atoms with Crippen LogP contribution < -0.4 is 0 Å². The van der Waals surface area contributed by atoms with Gasteiger partial charge in [0.15, 0.2) is 0 Å². The molecule has 3 fully saturated rings. The molecule has 1 spiro atoms. The Balaban J connectivity index is 1.33. The van der Waals surface area contributed by atoms with Gasteiger partial charge in [-0.3, -0.25) is 4.90 Å². The lowest BCUT2D eigenvalue weighted by Crippen LogP contribution is -2.53. The Bertz CT molecular complexity index is 528. The van der Waals surface area contributed by atoms with Gasteiger partial charge in [0, 0.05) is 38.0 Å². The van der Waals surface area contributed by atoms with E-state index in [1.54, 1.807) is 0 Å². The fourth-order valence-corrected chi connectivity index (χ4v) is 3.95. The van der Waals surface area contributed by atoms with Crippen LogP contribution in [0.1, 0.15) is 62.8 Å². The molecule has 3 heterocycles. The van der Waals surface area contributed by atoms with Crippen LogP contribution in [0.25, 0.3) is 0 Å². The number of rotatable bonds is 3. The predicted molar refractivity (Wildman–Crippen MR) is 81.5 cm³/mol. The van der Waals surface area contributed by atoms with Crippen LogP contribution in [0.5, 0.6) is 0 Å². The summed E-state index contributed by atoms with van der Waals surface area (Å²) >= 11 is 0. The summed E-state index contributed by atoms with van der Waals surface area (Å²) in [7, 11) is 0. The molecular weight excluding hydrogens is 280 g/mol. The first kappa shape index (κ1) is 14.7. The molecule has 4 rings (SSSR count). The largest absolute Gasteiger partial charge is 0.390 e. The Morgan fingerprint density at radius 1 is 1.32 bits per heavy atom. The predicted octanol–water partition coefficient (Wildman–Crippen LogP) is 2.45. The maximum absolute atomic E-state index is 10.3. The van der Waals surface area contributed by atoms with Crippen molar-refractivity contribution < 1.29 is 14.4 Å². The number of hydrogen-bond donors (Lipinski definition) is 1. The van der Waals surface area contributed by atoms with E-state index in [-0.39, 0.29) is 5.60 Å². The molecule has 122 valence electrons. The summed E-state index contributed by atoms with van der Waals surface area (Å²) in [6, 6.07) is 2.13. The van der Waals surface area contributed by atoms with Gasteiger partial charge in [0.25, 0.3) is 0 Å². The molecule has 3 aliphatic rings. The van der Waals surface area contributed by atoms with Crippen LogP contribution >= 0.6 is 0 Å². The van der Waals surface area contributed by atoms with Crippen molar-refractivity contribution >= 4 is 0 Å². The van der Waals surface area contributed by atoms with E-state index in [0.29, 0.717) is 12.5 Å². The molecule has 1 atom stereocenters. The second-order valence-corrected chi connectivity index (χ2v) is 7.73. The smallest absolute Gasteiger partial charge is 0.140 e. The van der Waals surface area contributed by atoms with E-state index in [0.717, 1.165) is 56.8 Å². The van der Waals surface area contributed by atoms with Crippen LogP contribution in [-0.2, 0) is 11.3 Å². The van der Waals surface area contributed by atoms with Crippen LogP contribution in [-0.4, -0.2) is 46.1 Å². The molecule has 0 aromatic carbocycles. The highest BCUT2D eigenvalue weighted by Gasteiger charge is 2.44. The Morgan fingerprint density at radius 3 is 2.77 bits per heavy atom. The molecule has 2 aliphatic heterocycles. The molecule has 0 radical (unpaired) electrons. The van der Waals surface area contributed by atoms with Crippen LogP contribution in [0.4, 0.5) is 0 Å². The summed E-state index contributed by atoms with van der Waals surface area (Å²) in [5.74, 6) is 1.69. The molecule has 1 unspecified atom stereocenters. The first-order chi connectivity index (χ1) is 10.5. The zero-order chi connectivity index (χ0) is 15.2. The number of aliphatic hydroxyl groups is 1. The van der Waals surface area contributed by atoms with E-state index in [1.165, 1.54) is 12.8 Å². The Labute approximate surface area is 131 Å². The van der Waals surface area contributed by atoms with Crippen molar-refractivity contribution in [2.24, 2.45) is 0 Å². The number of hydrogen-bond acceptors (Lipinski definition) is 5. The standard InChI is InChI=1S/C17H26N2O3/c1-16(20)6-9-21-17(12-16)4-7-19(8-5-17)11-14-10-15(22-18-14)13-2-3-13/h10,13,20H,2-9,11-12H2,1H3. The minimum absolute atomic E-state index is 0.110. The van der Waals surface area contributed by atoms with Crippen LogP contribution in [0.15, 0.2) is 10.6 Å². The minimum Gasteiger partial charge on any atom is -0.390 e. The van der Waals surface area contributed by atoms with Gasteiger partial charge in [0.05, 0.1) is 23.5 Å². The SMILES string of the molecule is CC1(O)CCOC2(CCN(Cc3cc(C4CC4)on3)CC2)C1. The van der Waals surface area contributed by atoms with Crippen LogP contribution in [0.2, 0.25) is 0 Å². The maximum atomic E-state index is 10.3. The van der Waals surface area contributed by atoms with Crippen molar-refractivity contribution in [3.05, 3.63) is 17.5 Å². The van der Waals surface area contributed by atoms with Crippen molar-refractivity contribution in [2.75, 3.05) is 19.7 Å². The third kappa shape index (κ3) is 3.07. The first-order valence-corrected chi connectivity index (χ1v) is 8.58. The minimum atomic E-state index is -0.564. The quantitative estimate of drug-likeness (QED) is 0.929. The van der Waals surface area contributed by atoms with Gasteiger partial charge in [0.2, 0.25) is 0 Å². The third-order valence-corrected chi connectivity index (χ3v) is 5.46. The average molecular weight is 306 g/mol. The van der Waals surface area contributed by atoms with E-state index in [9.17, 15) is 5.11 Å². The summed E-state index contributed by atoms with van der Waals surface area (Å²) in [5, 5.41) is 14.5. The van der Waals surface area contributed by atoms with Crippen molar-refractivity contribution in [3.8, 4) is 0 Å². The van der Waals surface area contributed by atoms with Gasteiger partial charge in [-0.05, 0) is 39.0 Å². The molecule has 5 heteroatoms. The Hall–Kier alpha value is -0.910. The Morgan fingerprint density at radius 2 is 2.09 bits per heavy atom. The number of likely N-dealkylation sites (tertiary alicyclic amines) is 1. The van der Waals surface area contributed by atoms with Crippen molar-refractivity contribution in [1.82, 2.24) is 10.1 Å². The van der Waals surface area contributed by atoms with Crippen LogP contribution in [0.3, 0.4) is 0 Å². The number of aromatic nitrogens is 1. The Kier molecular flexibility index (Phi) is 3.55. The second-order valence-electron chi connectivity index (χ2n) is 7.73. The number of piperidine rings is 1. The topological polar surface area (TPSA) is 58.7 Å². The zero-order valence-corrected chi connectivity index (χ0v) is 13.4. The summed E-state index contributed by atoms with van der Waals surface area (Å²) < 4.78 is 11.5. The summed E-state index contributed by atoms with van der Waals surface area (Å²) in [5.41, 5.74) is 0.377. The van der Waals surface area contributed by atoms with Gasteiger partial charge >= 0.3 is 0 Å². The normalized spacial score (nSPS) is 32.5. The lowest BCUT2D eigenvalue weighted by Gasteiger charge is -2.48. The van der Waals surface area contributed by atoms with E-state index in [4.69, 9.17) is 9.26 Å². The summed E-state index contributed by atoms with van der Waals surface area (Å²) in [6.07, 6.45) is 6.01. The zero-order valence-electron chi connectivity index (χ0n) is 13.4. The second kappa shape index (κ2) is 5.32. The molecular formula is C17H26N2O3. The van der Waals surface area contributed by atoms with E-state index < -0.39 is 5.60 Å². The molecule has 0 bridgehead atoms. The van der Waals surface area contributed by atoms with E-state index in [1.807, 2.05) is 6.92 Å². The lowest BCUT2D eigenvalue weighted by atomic mass is 9.78. The first-order valence-electron chi connectivity index (χ1n) is 8.58.